The molecule has 0 saturated carbocycles. The lowest BCUT2D eigenvalue weighted by Crippen LogP contribution is -2.14. The van der Waals surface area contributed by atoms with E-state index in [0.717, 1.165) is 12.0 Å². The predicted molar refractivity (Wildman–Crippen MR) is 107 cm³/mol. The van der Waals surface area contributed by atoms with Gasteiger partial charge in [-0.05, 0) is 43.4 Å². The molecule has 2 aromatic carbocycles. The van der Waals surface area contributed by atoms with Gasteiger partial charge >= 0.3 is 0 Å². The van der Waals surface area contributed by atoms with Gasteiger partial charge in [-0.15, -0.1) is 0 Å². The number of nitrogens with zero attached hydrogens (tertiary/aromatic N) is 1. The van der Waals surface area contributed by atoms with Crippen molar-refractivity contribution >= 4 is 15.9 Å². The molecule has 142 valence electrons. The van der Waals surface area contributed by atoms with Crippen molar-refractivity contribution in [2.45, 2.75) is 39.0 Å². The molecule has 0 aliphatic carbocycles. The molecule has 0 spiro atoms. The van der Waals surface area contributed by atoms with Gasteiger partial charge in [-0.1, -0.05) is 61.5 Å². The maximum atomic E-state index is 13.0. The number of hydrogen-bond acceptors (Lipinski definition) is 4. The first kappa shape index (κ1) is 19.2. The Morgan fingerprint density at radius 1 is 1.07 bits per heavy atom. The van der Waals surface area contributed by atoms with Crippen LogP contribution in [0.5, 0.6) is 0 Å². The average molecular weight is 385 g/mol. The minimum Gasteiger partial charge on any atom is -0.337 e. The first-order valence-corrected chi connectivity index (χ1v) is 10.4. The number of nitrogens with one attached hydrogen (secondary N) is 1. The lowest BCUT2D eigenvalue weighted by Gasteiger charge is -2.13. The number of sulfonamides is 1. The SMILES string of the molecule is Cc1noc(NS(=O)(=O)c2ccccc2-c2cccc(CC(C)C)c2)c1C. The van der Waals surface area contributed by atoms with Gasteiger partial charge in [0.05, 0.1) is 10.6 Å². The van der Waals surface area contributed by atoms with Crippen molar-refractivity contribution in [1.29, 1.82) is 0 Å². The molecule has 3 rings (SSSR count). The second-order valence-corrected chi connectivity index (χ2v) is 8.77. The van der Waals surface area contributed by atoms with Crippen LogP contribution in [-0.2, 0) is 16.4 Å². The second-order valence-electron chi connectivity index (χ2n) is 7.12. The van der Waals surface area contributed by atoms with Crippen molar-refractivity contribution in [3.8, 4) is 11.1 Å². The second kappa shape index (κ2) is 7.56. The summed E-state index contributed by atoms with van der Waals surface area (Å²) in [6.45, 7) is 7.86. The van der Waals surface area contributed by atoms with Gasteiger partial charge in [0.1, 0.15) is 0 Å². The number of anilines is 1. The fourth-order valence-electron chi connectivity index (χ4n) is 2.96. The molecule has 1 aromatic heterocycles. The molecule has 0 aliphatic heterocycles. The highest BCUT2D eigenvalue weighted by atomic mass is 32.2. The van der Waals surface area contributed by atoms with Gasteiger partial charge in [-0.2, -0.15) is 0 Å². The molecule has 6 heteroatoms. The van der Waals surface area contributed by atoms with Gasteiger partial charge in [-0.25, -0.2) is 13.1 Å². The third-order valence-corrected chi connectivity index (χ3v) is 5.83. The molecular formula is C21H24N2O3S. The van der Waals surface area contributed by atoms with E-state index in [-0.39, 0.29) is 10.8 Å². The van der Waals surface area contributed by atoms with Crippen LogP contribution in [0.1, 0.15) is 30.7 Å². The Balaban J connectivity index is 2.02. The summed E-state index contributed by atoms with van der Waals surface area (Å²) in [4.78, 5) is 0.208. The van der Waals surface area contributed by atoms with E-state index in [1.54, 1.807) is 26.0 Å². The van der Waals surface area contributed by atoms with E-state index in [9.17, 15) is 8.42 Å². The van der Waals surface area contributed by atoms with E-state index in [1.807, 2.05) is 24.3 Å². The Morgan fingerprint density at radius 2 is 1.81 bits per heavy atom. The minimum absolute atomic E-state index is 0.149. The van der Waals surface area contributed by atoms with Crippen molar-refractivity contribution in [3.63, 3.8) is 0 Å². The lowest BCUT2D eigenvalue weighted by molar-refractivity contribution is 0.430. The van der Waals surface area contributed by atoms with E-state index in [2.05, 4.69) is 35.9 Å². The summed E-state index contributed by atoms with van der Waals surface area (Å²) in [5.74, 6) is 0.675. The van der Waals surface area contributed by atoms with E-state index < -0.39 is 10.0 Å². The third-order valence-electron chi connectivity index (χ3n) is 4.44. The molecule has 0 radical (unpaired) electrons. The van der Waals surface area contributed by atoms with Crippen LogP contribution < -0.4 is 4.72 Å². The van der Waals surface area contributed by atoms with Gasteiger partial charge in [-0.3, -0.25) is 0 Å². The molecule has 27 heavy (non-hydrogen) atoms. The van der Waals surface area contributed by atoms with E-state index in [1.165, 1.54) is 5.56 Å². The zero-order chi connectivity index (χ0) is 19.6. The molecule has 5 nitrogen and oxygen atoms in total. The van der Waals surface area contributed by atoms with Crippen molar-refractivity contribution in [2.75, 3.05) is 4.72 Å². The van der Waals surface area contributed by atoms with Crippen LogP contribution in [0.2, 0.25) is 0 Å². The van der Waals surface area contributed by atoms with Crippen LogP contribution in [0, 0.1) is 19.8 Å². The molecule has 0 aliphatic rings. The van der Waals surface area contributed by atoms with Gasteiger partial charge in [0.25, 0.3) is 10.0 Å². The van der Waals surface area contributed by atoms with Crippen LogP contribution in [0.3, 0.4) is 0 Å². The summed E-state index contributed by atoms with van der Waals surface area (Å²) in [7, 11) is -3.82. The Hall–Kier alpha value is -2.60. The summed E-state index contributed by atoms with van der Waals surface area (Å²) in [6, 6.07) is 15.0. The summed E-state index contributed by atoms with van der Waals surface area (Å²) < 4.78 is 33.7. The van der Waals surface area contributed by atoms with Crippen LogP contribution in [0.4, 0.5) is 5.88 Å². The maximum Gasteiger partial charge on any atom is 0.264 e. The minimum atomic E-state index is -3.82. The monoisotopic (exact) mass is 384 g/mol. The zero-order valence-electron chi connectivity index (χ0n) is 16.0. The standard InChI is InChI=1S/C21H24N2O3S/c1-14(2)12-17-8-7-9-18(13-17)19-10-5-6-11-20(19)27(24,25)23-21-15(3)16(4)22-26-21/h5-11,13-14,23H,12H2,1-4H3. The Kier molecular flexibility index (Phi) is 5.37. The van der Waals surface area contributed by atoms with Gasteiger partial charge in [0.15, 0.2) is 0 Å². The summed E-state index contributed by atoms with van der Waals surface area (Å²) >= 11 is 0. The molecule has 0 fully saturated rings. The van der Waals surface area contributed by atoms with Crippen molar-refractivity contribution in [1.82, 2.24) is 5.16 Å². The highest BCUT2D eigenvalue weighted by Gasteiger charge is 2.22. The Bertz CT molecular complexity index is 1050. The topological polar surface area (TPSA) is 72.2 Å². The molecular weight excluding hydrogens is 360 g/mol. The highest BCUT2D eigenvalue weighted by molar-refractivity contribution is 7.92. The number of aromatic nitrogens is 1. The largest absolute Gasteiger partial charge is 0.337 e. The normalized spacial score (nSPS) is 11.7. The fourth-order valence-corrected chi connectivity index (χ4v) is 4.24. The van der Waals surface area contributed by atoms with Crippen LogP contribution in [0.25, 0.3) is 11.1 Å². The zero-order valence-corrected chi connectivity index (χ0v) is 16.8. The number of hydrogen-bond donors (Lipinski definition) is 1. The third kappa shape index (κ3) is 4.22. The van der Waals surface area contributed by atoms with Crippen molar-refractivity contribution in [3.05, 3.63) is 65.4 Å². The van der Waals surface area contributed by atoms with Crippen LogP contribution in [0.15, 0.2) is 57.9 Å². The number of aryl methyl sites for hydroxylation is 1. The Labute approximate surface area is 160 Å². The van der Waals surface area contributed by atoms with Gasteiger partial charge < -0.3 is 4.52 Å². The Morgan fingerprint density at radius 3 is 2.48 bits per heavy atom. The summed E-state index contributed by atoms with van der Waals surface area (Å²) in [5.41, 5.74) is 4.05. The maximum absolute atomic E-state index is 13.0. The molecule has 1 heterocycles. The lowest BCUT2D eigenvalue weighted by atomic mass is 9.98. The average Bonchev–Trinajstić information content (AvgIpc) is 2.93. The summed E-state index contributed by atoms with van der Waals surface area (Å²) in [6.07, 6.45) is 0.942. The smallest absolute Gasteiger partial charge is 0.264 e. The van der Waals surface area contributed by atoms with E-state index >= 15 is 0 Å². The van der Waals surface area contributed by atoms with E-state index in [0.29, 0.717) is 22.7 Å². The first-order chi connectivity index (χ1) is 12.8. The molecule has 0 unspecified atom stereocenters. The van der Waals surface area contributed by atoms with Gasteiger partial charge in [0.2, 0.25) is 5.88 Å². The molecule has 1 N–H and O–H groups in total. The van der Waals surface area contributed by atoms with Crippen molar-refractivity contribution in [2.24, 2.45) is 5.92 Å². The molecule has 0 amide bonds. The van der Waals surface area contributed by atoms with E-state index in [4.69, 9.17) is 4.52 Å². The fraction of sp³-hybridized carbons (Fsp3) is 0.286. The highest BCUT2D eigenvalue weighted by Crippen LogP contribution is 2.30. The molecule has 0 saturated heterocycles. The quantitative estimate of drug-likeness (QED) is 0.652. The van der Waals surface area contributed by atoms with Crippen molar-refractivity contribution < 1.29 is 12.9 Å². The summed E-state index contributed by atoms with van der Waals surface area (Å²) in [5, 5.41) is 3.81. The van der Waals surface area contributed by atoms with Crippen LogP contribution >= 0.6 is 0 Å². The predicted octanol–water partition coefficient (Wildman–Crippen LogP) is 4.96. The van der Waals surface area contributed by atoms with Gasteiger partial charge in [0, 0.05) is 11.1 Å². The number of rotatable bonds is 6. The molecule has 0 atom stereocenters. The number of benzene rings is 2. The molecule has 3 aromatic rings. The molecule has 0 bridgehead atoms. The first-order valence-electron chi connectivity index (χ1n) is 8.92. The van der Waals surface area contributed by atoms with Crippen LogP contribution in [-0.4, -0.2) is 13.6 Å².